The summed E-state index contributed by atoms with van der Waals surface area (Å²) in [6, 6.07) is 9.55. The van der Waals surface area contributed by atoms with Crippen molar-refractivity contribution in [2.24, 2.45) is 5.92 Å². The van der Waals surface area contributed by atoms with E-state index in [0.717, 1.165) is 18.4 Å². The first kappa shape index (κ1) is 14.5. The van der Waals surface area contributed by atoms with Gasteiger partial charge in [0.2, 0.25) is 0 Å². The van der Waals surface area contributed by atoms with Crippen LogP contribution in [0.2, 0.25) is 0 Å². The SMILES string of the molecule is CC[C@H](CO)CCNC(=O)OCc1ccccc1. The molecule has 0 spiro atoms. The molecule has 0 unspecified atom stereocenters. The molecule has 0 saturated heterocycles. The minimum Gasteiger partial charge on any atom is -0.445 e. The van der Waals surface area contributed by atoms with Crippen molar-refractivity contribution < 1.29 is 14.6 Å². The Morgan fingerprint density at radius 3 is 2.72 bits per heavy atom. The Morgan fingerprint density at radius 1 is 1.39 bits per heavy atom. The molecule has 0 bridgehead atoms. The molecule has 1 amide bonds. The molecule has 4 nitrogen and oxygen atoms in total. The standard InChI is InChI=1S/C14H21NO3/c1-2-12(10-16)8-9-15-14(17)18-11-13-6-4-3-5-7-13/h3-7,12,16H,2,8-11H2,1H3,(H,15,17)/t12-/m0/s1. The van der Waals surface area contributed by atoms with Gasteiger partial charge in [0.05, 0.1) is 0 Å². The molecule has 1 aromatic carbocycles. The van der Waals surface area contributed by atoms with Crippen LogP contribution in [0.25, 0.3) is 0 Å². The molecule has 4 heteroatoms. The summed E-state index contributed by atoms with van der Waals surface area (Å²) in [5, 5.41) is 11.7. The number of aliphatic hydroxyl groups excluding tert-OH is 1. The predicted octanol–water partition coefficient (Wildman–Crippen LogP) is 2.32. The largest absolute Gasteiger partial charge is 0.445 e. The first-order valence-corrected chi connectivity index (χ1v) is 6.31. The lowest BCUT2D eigenvalue weighted by molar-refractivity contribution is 0.137. The van der Waals surface area contributed by atoms with E-state index in [4.69, 9.17) is 9.84 Å². The number of nitrogens with one attached hydrogen (secondary N) is 1. The molecule has 0 fully saturated rings. The maximum Gasteiger partial charge on any atom is 0.407 e. The zero-order valence-corrected chi connectivity index (χ0v) is 10.8. The highest BCUT2D eigenvalue weighted by Crippen LogP contribution is 2.05. The van der Waals surface area contributed by atoms with E-state index < -0.39 is 6.09 Å². The van der Waals surface area contributed by atoms with Gasteiger partial charge < -0.3 is 15.2 Å². The van der Waals surface area contributed by atoms with Crippen molar-refractivity contribution >= 4 is 6.09 Å². The summed E-state index contributed by atoms with van der Waals surface area (Å²) in [5.41, 5.74) is 0.967. The zero-order chi connectivity index (χ0) is 13.2. The molecule has 1 atom stereocenters. The van der Waals surface area contributed by atoms with Gasteiger partial charge in [0.25, 0.3) is 0 Å². The molecule has 0 heterocycles. The van der Waals surface area contributed by atoms with Crippen LogP contribution in [0.1, 0.15) is 25.3 Å². The molecule has 0 radical (unpaired) electrons. The van der Waals surface area contributed by atoms with Crippen LogP contribution in [0.5, 0.6) is 0 Å². The van der Waals surface area contributed by atoms with Crippen LogP contribution >= 0.6 is 0 Å². The van der Waals surface area contributed by atoms with Gasteiger partial charge in [-0.25, -0.2) is 4.79 Å². The number of aliphatic hydroxyl groups is 1. The van der Waals surface area contributed by atoms with Crippen LogP contribution in [-0.4, -0.2) is 24.4 Å². The highest BCUT2D eigenvalue weighted by atomic mass is 16.5. The molecular weight excluding hydrogens is 230 g/mol. The predicted molar refractivity (Wildman–Crippen MR) is 70.1 cm³/mol. The van der Waals surface area contributed by atoms with Gasteiger partial charge in [0.1, 0.15) is 6.61 Å². The van der Waals surface area contributed by atoms with Crippen molar-refractivity contribution in [3.8, 4) is 0 Å². The van der Waals surface area contributed by atoms with Crippen LogP contribution in [0.4, 0.5) is 4.79 Å². The summed E-state index contributed by atoms with van der Waals surface area (Å²) >= 11 is 0. The maximum atomic E-state index is 11.4. The lowest BCUT2D eigenvalue weighted by atomic mass is 10.0. The third-order valence-electron chi connectivity index (χ3n) is 2.87. The van der Waals surface area contributed by atoms with Gasteiger partial charge in [-0.05, 0) is 17.9 Å². The second-order valence-corrected chi connectivity index (χ2v) is 4.23. The van der Waals surface area contributed by atoms with Crippen LogP contribution in [0.15, 0.2) is 30.3 Å². The second-order valence-electron chi connectivity index (χ2n) is 4.23. The highest BCUT2D eigenvalue weighted by molar-refractivity contribution is 5.67. The molecule has 0 saturated carbocycles. The van der Waals surface area contributed by atoms with Gasteiger partial charge in [-0.2, -0.15) is 0 Å². The molecule has 1 aromatic rings. The number of rotatable bonds is 7. The smallest absolute Gasteiger partial charge is 0.407 e. The van der Waals surface area contributed by atoms with Crippen LogP contribution < -0.4 is 5.32 Å². The van der Waals surface area contributed by atoms with Gasteiger partial charge in [0, 0.05) is 13.2 Å². The Morgan fingerprint density at radius 2 is 2.11 bits per heavy atom. The average molecular weight is 251 g/mol. The van der Waals surface area contributed by atoms with Gasteiger partial charge in [-0.15, -0.1) is 0 Å². The summed E-state index contributed by atoms with van der Waals surface area (Å²) in [6.45, 7) is 3.00. The van der Waals surface area contributed by atoms with E-state index in [9.17, 15) is 4.79 Å². The second kappa shape index (κ2) is 8.53. The monoisotopic (exact) mass is 251 g/mol. The van der Waals surface area contributed by atoms with E-state index in [1.165, 1.54) is 0 Å². The maximum absolute atomic E-state index is 11.4. The Labute approximate surface area is 108 Å². The normalized spacial score (nSPS) is 11.9. The fourth-order valence-electron chi connectivity index (χ4n) is 1.58. The molecule has 1 rings (SSSR count). The fourth-order valence-corrected chi connectivity index (χ4v) is 1.58. The van der Waals surface area contributed by atoms with E-state index >= 15 is 0 Å². The Balaban J connectivity index is 2.14. The minimum absolute atomic E-state index is 0.164. The number of hydrogen-bond donors (Lipinski definition) is 2. The molecule has 0 aliphatic heterocycles. The van der Waals surface area contributed by atoms with E-state index in [-0.39, 0.29) is 19.1 Å². The number of alkyl carbamates (subject to hydrolysis) is 1. The van der Waals surface area contributed by atoms with Crippen molar-refractivity contribution in [3.05, 3.63) is 35.9 Å². The number of benzene rings is 1. The van der Waals surface area contributed by atoms with Crippen molar-refractivity contribution in [2.75, 3.05) is 13.2 Å². The summed E-state index contributed by atoms with van der Waals surface area (Å²) in [4.78, 5) is 11.4. The quantitative estimate of drug-likeness (QED) is 0.782. The van der Waals surface area contributed by atoms with E-state index in [1.807, 2.05) is 37.3 Å². The number of amides is 1. The van der Waals surface area contributed by atoms with Crippen LogP contribution in [-0.2, 0) is 11.3 Å². The number of ether oxygens (including phenoxy) is 1. The lowest BCUT2D eigenvalue weighted by Crippen LogP contribution is -2.27. The van der Waals surface area contributed by atoms with E-state index in [1.54, 1.807) is 0 Å². The summed E-state index contributed by atoms with van der Waals surface area (Å²) in [7, 11) is 0. The van der Waals surface area contributed by atoms with Gasteiger partial charge in [0.15, 0.2) is 0 Å². The van der Waals surface area contributed by atoms with E-state index in [2.05, 4.69) is 5.32 Å². The van der Waals surface area contributed by atoms with Crippen molar-refractivity contribution in [2.45, 2.75) is 26.4 Å². The van der Waals surface area contributed by atoms with Crippen molar-refractivity contribution in [1.82, 2.24) is 5.32 Å². The van der Waals surface area contributed by atoms with Gasteiger partial charge >= 0.3 is 6.09 Å². The third kappa shape index (κ3) is 5.68. The first-order chi connectivity index (χ1) is 8.76. The molecule has 100 valence electrons. The molecule has 0 aliphatic carbocycles. The third-order valence-corrected chi connectivity index (χ3v) is 2.87. The van der Waals surface area contributed by atoms with Gasteiger partial charge in [-0.1, -0.05) is 43.7 Å². The van der Waals surface area contributed by atoms with Crippen molar-refractivity contribution in [1.29, 1.82) is 0 Å². The Kier molecular flexibility index (Phi) is 6.87. The number of carbonyl (C=O) groups excluding carboxylic acids is 1. The molecular formula is C14H21NO3. The molecule has 0 aliphatic rings. The first-order valence-electron chi connectivity index (χ1n) is 6.31. The van der Waals surface area contributed by atoms with Gasteiger partial charge in [-0.3, -0.25) is 0 Å². The minimum atomic E-state index is -0.411. The topological polar surface area (TPSA) is 58.6 Å². The zero-order valence-electron chi connectivity index (χ0n) is 10.8. The summed E-state index contributed by atoms with van der Waals surface area (Å²) in [5.74, 6) is 0.249. The van der Waals surface area contributed by atoms with Crippen molar-refractivity contribution in [3.63, 3.8) is 0 Å². The number of hydrogen-bond acceptors (Lipinski definition) is 3. The number of carbonyl (C=O) groups is 1. The van der Waals surface area contributed by atoms with E-state index in [0.29, 0.717) is 6.54 Å². The highest BCUT2D eigenvalue weighted by Gasteiger charge is 2.06. The Bertz CT molecular complexity index is 336. The van der Waals surface area contributed by atoms with Crippen LogP contribution in [0, 0.1) is 5.92 Å². The average Bonchev–Trinajstić information content (AvgIpc) is 2.42. The lowest BCUT2D eigenvalue weighted by Gasteiger charge is -2.12. The molecule has 18 heavy (non-hydrogen) atoms. The Hall–Kier alpha value is -1.55. The molecule has 2 N–H and O–H groups in total. The van der Waals surface area contributed by atoms with Crippen LogP contribution in [0.3, 0.4) is 0 Å². The summed E-state index contributed by atoms with van der Waals surface area (Å²) < 4.78 is 5.06. The summed E-state index contributed by atoms with van der Waals surface area (Å²) in [6.07, 6.45) is 1.27. The fraction of sp³-hybridized carbons (Fsp3) is 0.500. The molecule has 0 aromatic heterocycles.